The first-order valence-corrected chi connectivity index (χ1v) is 9.21. The van der Waals surface area contributed by atoms with E-state index in [2.05, 4.69) is 15.9 Å². The van der Waals surface area contributed by atoms with Crippen LogP contribution in [0.4, 0.5) is 0 Å². The summed E-state index contributed by atoms with van der Waals surface area (Å²) in [7, 11) is 0. The molecule has 0 saturated heterocycles. The van der Waals surface area contributed by atoms with E-state index in [1.54, 1.807) is 48.5 Å². The Bertz CT molecular complexity index is 946. The van der Waals surface area contributed by atoms with E-state index in [0.717, 1.165) is 4.47 Å². The second-order valence-electron chi connectivity index (χ2n) is 5.37. The summed E-state index contributed by atoms with van der Waals surface area (Å²) in [5, 5.41) is 1.01. The fourth-order valence-corrected chi connectivity index (χ4v) is 2.77. The number of carbonyl (C=O) groups excluding carboxylic acids is 1. The van der Waals surface area contributed by atoms with Gasteiger partial charge in [0.2, 0.25) is 0 Å². The Balaban J connectivity index is 1.61. The summed E-state index contributed by atoms with van der Waals surface area (Å²) < 4.78 is 12.2. The Kier molecular flexibility index (Phi) is 6.20. The van der Waals surface area contributed by atoms with Crippen LogP contribution in [0, 0.1) is 0 Å². The Labute approximate surface area is 169 Å². The topological polar surface area (TPSA) is 39.4 Å². The highest BCUT2D eigenvalue weighted by Crippen LogP contribution is 2.28. The van der Waals surface area contributed by atoms with Crippen molar-refractivity contribution in [2.45, 2.75) is 6.61 Å². The van der Waals surface area contributed by atoms with Gasteiger partial charge in [-0.1, -0.05) is 39.1 Å². The lowest BCUT2D eigenvalue weighted by atomic mass is 10.1. The molecule has 6 heteroatoms. The van der Waals surface area contributed by atoms with Crippen LogP contribution in [0.15, 0.2) is 69.6 Å². The number of rotatable bonds is 6. The molecule has 2 aromatic carbocycles. The lowest BCUT2D eigenvalue weighted by Crippen LogP contribution is -1.94. The summed E-state index contributed by atoms with van der Waals surface area (Å²) in [6.07, 6.45) is 3.10. The highest BCUT2D eigenvalue weighted by atomic mass is 79.9. The van der Waals surface area contributed by atoms with Gasteiger partial charge in [-0.2, -0.15) is 0 Å². The molecule has 0 radical (unpaired) electrons. The standard InChI is InChI=1S/C20H13BrCl2O3/c21-14-3-1-13(2-4-14)19(24)10-8-16-6-7-17(26-16)12-25-20-11-15(22)5-9-18(20)23/h1-11H,12H2/b10-8+. The summed E-state index contributed by atoms with van der Waals surface area (Å²) in [4.78, 5) is 12.1. The third-order valence-corrected chi connectivity index (χ3v) is 4.55. The van der Waals surface area contributed by atoms with Crippen molar-refractivity contribution in [2.24, 2.45) is 0 Å². The minimum Gasteiger partial charge on any atom is -0.484 e. The van der Waals surface area contributed by atoms with Gasteiger partial charge in [-0.3, -0.25) is 4.79 Å². The molecule has 0 aliphatic carbocycles. The number of ketones is 1. The van der Waals surface area contributed by atoms with E-state index in [4.69, 9.17) is 32.4 Å². The predicted octanol–water partition coefficient (Wildman–Crippen LogP) is 6.82. The van der Waals surface area contributed by atoms with Gasteiger partial charge in [0.05, 0.1) is 5.02 Å². The van der Waals surface area contributed by atoms with E-state index in [0.29, 0.717) is 32.9 Å². The number of halogens is 3. The molecule has 0 amide bonds. The number of hydrogen-bond donors (Lipinski definition) is 0. The SMILES string of the molecule is O=C(/C=C/c1ccc(COc2cc(Cl)ccc2Cl)o1)c1ccc(Br)cc1. The Morgan fingerprint density at radius 3 is 2.62 bits per heavy atom. The van der Waals surface area contributed by atoms with Gasteiger partial charge in [0.15, 0.2) is 5.78 Å². The number of benzene rings is 2. The first-order chi connectivity index (χ1) is 12.5. The molecule has 1 aromatic heterocycles. The van der Waals surface area contributed by atoms with Crippen LogP contribution in [0.2, 0.25) is 10.0 Å². The predicted molar refractivity (Wildman–Crippen MR) is 107 cm³/mol. The lowest BCUT2D eigenvalue weighted by Gasteiger charge is -2.06. The second kappa shape index (κ2) is 8.58. The zero-order valence-electron chi connectivity index (χ0n) is 13.4. The fourth-order valence-electron chi connectivity index (χ4n) is 2.17. The van der Waals surface area contributed by atoms with Crippen LogP contribution < -0.4 is 4.74 Å². The maximum atomic E-state index is 12.1. The normalized spacial score (nSPS) is 11.0. The molecule has 0 atom stereocenters. The first kappa shape index (κ1) is 18.8. The third-order valence-electron chi connectivity index (χ3n) is 3.47. The van der Waals surface area contributed by atoms with Gasteiger partial charge in [-0.05, 0) is 60.7 Å². The molecule has 3 rings (SSSR count). The zero-order valence-corrected chi connectivity index (χ0v) is 16.5. The molecule has 0 saturated carbocycles. The molecule has 132 valence electrons. The largest absolute Gasteiger partial charge is 0.484 e. The number of hydrogen-bond acceptors (Lipinski definition) is 3. The van der Waals surface area contributed by atoms with Gasteiger partial charge in [0.1, 0.15) is 23.9 Å². The summed E-state index contributed by atoms with van der Waals surface area (Å²) in [5.74, 6) is 1.55. The molecular formula is C20H13BrCl2O3. The van der Waals surface area contributed by atoms with E-state index < -0.39 is 0 Å². The van der Waals surface area contributed by atoms with Crippen LogP contribution >= 0.6 is 39.1 Å². The van der Waals surface area contributed by atoms with Gasteiger partial charge in [-0.15, -0.1) is 0 Å². The Morgan fingerprint density at radius 2 is 1.85 bits per heavy atom. The summed E-state index contributed by atoms with van der Waals surface area (Å²) in [6, 6.07) is 15.7. The van der Waals surface area contributed by atoms with E-state index in [1.165, 1.54) is 6.08 Å². The molecule has 1 heterocycles. The smallest absolute Gasteiger partial charge is 0.185 e. The molecule has 0 spiro atoms. The van der Waals surface area contributed by atoms with Crippen LogP contribution in [0.25, 0.3) is 6.08 Å². The molecule has 3 aromatic rings. The van der Waals surface area contributed by atoms with Crippen molar-refractivity contribution in [3.8, 4) is 5.75 Å². The van der Waals surface area contributed by atoms with Gasteiger partial charge in [-0.25, -0.2) is 0 Å². The summed E-state index contributed by atoms with van der Waals surface area (Å²) in [5.41, 5.74) is 0.607. The van der Waals surface area contributed by atoms with Crippen LogP contribution in [-0.4, -0.2) is 5.78 Å². The average Bonchev–Trinajstić information content (AvgIpc) is 3.09. The van der Waals surface area contributed by atoms with E-state index >= 15 is 0 Å². The van der Waals surface area contributed by atoms with E-state index in [1.807, 2.05) is 12.1 Å². The molecule has 0 unspecified atom stereocenters. The zero-order chi connectivity index (χ0) is 18.5. The van der Waals surface area contributed by atoms with E-state index in [9.17, 15) is 4.79 Å². The lowest BCUT2D eigenvalue weighted by molar-refractivity contribution is 0.104. The minimum absolute atomic E-state index is 0.0996. The highest BCUT2D eigenvalue weighted by Gasteiger charge is 2.06. The molecule has 0 fully saturated rings. The number of furan rings is 1. The average molecular weight is 452 g/mol. The molecule has 0 bridgehead atoms. The summed E-state index contributed by atoms with van der Waals surface area (Å²) in [6.45, 7) is 0.203. The highest BCUT2D eigenvalue weighted by molar-refractivity contribution is 9.10. The molecule has 0 aliphatic heterocycles. The van der Waals surface area contributed by atoms with Crippen molar-refractivity contribution in [3.63, 3.8) is 0 Å². The van der Waals surface area contributed by atoms with Crippen molar-refractivity contribution in [2.75, 3.05) is 0 Å². The van der Waals surface area contributed by atoms with Crippen LogP contribution in [0.1, 0.15) is 21.9 Å². The van der Waals surface area contributed by atoms with Gasteiger partial charge in [0, 0.05) is 21.1 Å². The maximum absolute atomic E-state index is 12.1. The molecule has 3 nitrogen and oxygen atoms in total. The van der Waals surface area contributed by atoms with Crippen LogP contribution in [0.3, 0.4) is 0 Å². The monoisotopic (exact) mass is 450 g/mol. The van der Waals surface area contributed by atoms with Crippen molar-refractivity contribution in [1.82, 2.24) is 0 Å². The van der Waals surface area contributed by atoms with Crippen LogP contribution in [-0.2, 0) is 6.61 Å². The molecule has 26 heavy (non-hydrogen) atoms. The first-order valence-electron chi connectivity index (χ1n) is 7.66. The number of carbonyl (C=O) groups is 1. The minimum atomic E-state index is -0.0996. The Hall–Kier alpha value is -2.01. The van der Waals surface area contributed by atoms with Gasteiger partial charge >= 0.3 is 0 Å². The number of ether oxygens (including phenoxy) is 1. The van der Waals surface area contributed by atoms with Crippen molar-refractivity contribution in [3.05, 3.63) is 92.3 Å². The second-order valence-corrected chi connectivity index (χ2v) is 7.13. The quantitative estimate of drug-likeness (QED) is 0.304. The van der Waals surface area contributed by atoms with Crippen molar-refractivity contribution in [1.29, 1.82) is 0 Å². The van der Waals surface area contributed by atoms with E-state index in [-0.39, 0.29) is 12.4 Å². The van der Waals surface area contributed by atoms with Gasteiger partial charge < -0.3 is 9.15 Å². The van der Waals surface area contributed by atoms with Gasteiger partial charge in [0.25, 0.3) is 0 Å². The Morgan fingerprint density at radius 1 is 1.08 bits per heavy atom. The third kappa shape index (κ3) is 5.01. The maximum Gasteiger partial charge on any atom is 0.185 e. The molecular weight excluding hydrogens is 439 g/mol. The van der Waals surface area contributed by atoms with Crippen molar-refractivity contribution < 1.29 is 13.9 Å². The molecule has 0 aliphatic rings. The fraction of sp³-hybridized carbons (Fsp3) is 0.0500. The molecule has 0 N–H and O–H groups in total. The van der Waals surface area contributed by atoms with Crippen LogP contribution in [0.5, 0.6) is 5.75 Å². The summed E-state index contributed by atoms with van der Waals surface area (Å²) >= 11 is 15.3. The van der Waals surface area contributed by atoms with Crippen molar-refractivity contribution >= 4 is 51.0 Å². The number of allylic oxidation sites excluding steroid dienone is 1.